The van der Waals surface area contributed by atoms with Gasteiger partial charge in [-0.2, -0.15) is 0 Å². The molecule has 2 saturated heterocycles. The third-order valence-corrected chi connectivity index (χ3v) is 8.02. The van der Waals surface area contributed by atoms with Crippen molar-refractivity contribution in [2.24, 2.45) is 0 Å². The van der Waals surface area contributed by atoms with E-state index in [0.717, 1.165) is 44.8 Å². The molecule has 2 aliphatic rings. The molecular formula is C30H30ClF2N5O2S. The van der Waals surface area contributed by atoms with E-state index in [1.165, 1.54) is 41.3 Å². The first-order chi connectivity index (χ1) is 19.8. The van der Waals surface area contributed by atoms with Gasteiger partial charge >= 0.3 is 0 Å². The van der Waals surface area contributed by atoms with Crippen LogP contribution in [0.3, 0.4) is 0 Å². The molecule has 1 atom stereocenters. The highest BCUT2D eigenvalue weighted by Crippen LogP contribution is 2.29. The number of benzene rings is 3. The van der Waals surface area contributed by atoms with E-state index in [2.05, 4.69) is 15.1 Å². The number of hydrogen-bond acceptors (Lipinski definition) is 5. The van der Waals surface area contributed by atoms with Crippen molar-refractivity contribution in [2.75, 3.05) is 54.4 Å². The summed E-state index contributed by atoms with van der Waals surface area (Å²) in [5, 5.41) is 3.63. The molecule has 2 heterocycles. The maximum Gasteiger partial charge on any atom is 0.256 e. The first-order valence-electron chi connectivity index (χ1n) is 13.5. The maximum atomic E-state index is 13.6. The molecule has 5 rings (SSSR count). The maximum absolute atomic E-state index is 13.6. The molecule has 2 fully saturated rings. The first-order valence-corrected chi connectivity index (χ1v) is 14.3. The van der Waals surface area contributed by atoms with Gasteiger partial charge in [-0.1, -0.05) is 11.6 Å². The van der Waals surface area contributed by atoms with Crippen molar-refractivity contribution >= 4 is 57.8 Å². The molecule has 0 unspecified atom stereocenters. The van der Waals surface area contributed by atoms with Crippen LogP contribution in [0, 0.1) is 11.6 Å². The first kappa shape index (κ1) is 28.9. The van der Waals surface area contributed by atoms with Gasteiger partial charge in [0.1, 0.15) is 17.7 Å². The summed E-state index contributed by atoms with van der Waals surface area (Å²) in [5.74, 6) is -1.29. The van der Waals surface area contributed by atoms with Gasteiger partial charge in [0.2, 0.25) is 5.91 Å². The van der Waals surface area contributed by atoms with Gasteiger partial charge in [-0.25, -0.2) is 8.78 Å². The highest BCUT2D eigenvalue weighted by molar-refractivity contribution is 7.80. The van der Waals surface area contributed by atoms with Crippen molar-refractivity contribution in [2.45, 2.75) is 18.9 Å². The van der Waals surface area contributed by atoms with Crippen molar-refractivity contribution in [1.82, 2.24) is 9.80 Å². The number of nitrogens with zero attached hydrogens (tertiary/aromatic N) is 4. The van der Waals surface area contributed by atoms with Crippen LogP contribution in [0.25, 0.3) is 0 Å². The number of halogens is 3. The van der Waals surface area contributed by atoms with Crippen LogP contribution in [0.5, 0.6) is 0 Å². The highest BCUT2D eigenvalue weighted by atomic mass is 35.5. The Balaban J connectivity index is 1.22. The van der Waals surface area contributed by atoms with Crippen molar-refractivity contribution in [3.8, 4) is 0 Å². The van der Waals surface area contributed by atoms with Gasteiger partial charge in [0.05, 0.1) is 12.1 Å². The largest absolute Gasteiger partial charge is 0.369 e. The molecule has 0 radical (unpaired) electrons. The molecule has 2 amide bonds. The van der Waals surface area contributed by atoms with Crippen LogP contribution in [0.1, 0.15) is 12.8 Å². The SMILES string of the molecule is O=C(C[C@H]1C(=O)N(c2ccc(Cl)cc2)C(=S)N1CCCN1CCN(c2ccc(F)cc2)CC1)Nc1ccc(F)cc1. The van der Waals surface area contributed by atoms with E-state index in [0.29, 0.717) is 28.1 Å². The second kappa shape index (κ2) is 12.9. The number of amides is 2. The lowest BCUT2D eigenvalue weighted by Crippen LogP contribution is -2.47. The second-order valence-corrected chi connectivity index (χ2v) is 10.9. The predicted octanol–water partition coefficient (Wildman–Crippen LogP) is 5.16. The van der Waals surface area contributed by atoms with Gasteiger partial charge in [-0.3, -0.25) is 19.4 Å². The third-order valence-electron chi connectivity index (χ3n) is 7.35. The third kappa shape index (κ3) is 7.01. The standard InChI is InChI=1S/C30H30ClF2N5O2S/c31-21-2-10-26(11-3-21)38-29(40)27(20-28(39)34-24-8-4-22(32)5-9-24)37(30(38)41)15-1-14-35-16-18-36(19-17-35)25-12-6-23(33)7-13-25/h2-13,27H,1,14-20H2,(H,34,39)/t27-/m0/s1. The van der Waals surface area contributed by atoms with Gasteiger partial charge in [0.25, 0.3) is 5.91 Å². The Morgan fingerprint density at radius 3 is 2.07 bits per heavy atom. The van der Waals surface area contributed by atoms with E-state index in [1.54, 1.807) is 36.4 Å². The minimum absolute atomic E-state index is 0.100. The number of piperazine rings is 1. The summed E-state index contributed by atoms with van der Waals surface area (Å²) in [6.45, 7) is 4.70. The van der Waals surface area contributed by atoms with Gasteiger partial charge in [0.15, 0.2) is 5.11 Å². The smallest absolute Gasteiger partial charge is 0.256 e. The Labute approximate surface area is 248 Å². The summed E-state index contributed by atoms with van der Waals surface area (Å²) in [6.07, 6.45) is 0.644. The minimum atomic E-state index is -0.769. The molecule has 41 heavy (non-hydrogen) atoms. The predicted molar refractivity (Wildman–Crippen MR) is 161 cm³/mol. The topological polar surface area (TPSA) is 59.1 Å². The summed E-state index contributed by atoms with van der Waals surface area (Å²) in [4.78, 5) is 34.4. The second-order valence-electron chi connectivity index (χ2n) is 10.1. The fourth-order valence-corrected chi connectivity index (χ4v) is 5.72. The van der Waals surface area contributed by atoms with Crippen LogP contribution in [0.2, 0.25) is 5.02 Å². The zero-order chi connectivity index (χ0) is 28.9. The van der Waals surface area contributed by atoms with Crippen LogP contribution in [0.15, 0.2) is 72.8 Å². The number of carbonyl (C=O) groups excluding carboxylic acids is 2. The van der Waals surface area contributed by atoms with E-state index < -0.39 is 11.9 Å². The molecule has 0 bridgehead atoms. The fourth-order valence-electron chi connectivity index (χ4n) is 5.18. The summed E-state index contributed by atoms with van der Waals surface area (Å²) in [7, 11) is 0. The van der Waals surface area contributed by atoms with Crippen LogP contribution in [-0.4, -0.2) is 72.0 Å². The molecule has 3 aromatic rings. The van der Waals surface area contributed by atoms with Gasteiger partial charge < -0.3 is 15.1 Å². The quantitative estimate of drug-likeness (QED) is 0.344. The van der Waals surface area contributed by atoms with Gasteiger partial charge in [-0.05, 0) is 98.0 Å². The van der Waals surface area contributed by atoms with E-state index in [-0.39, 0.29) is 24.1 Å². The van der Waals surface area contributed by atoms with Gasteiger partial charge in [-0.15, -0.1) is 0 Å². The van der Waals surface area contributed by atoms with Crippen LogP contribution >= 0.6 is 23.8 Å². The zero-order valence-electron chi connectivity index (χ0n) is 22.3. The summed E-state index contributed by atoms with van der Waals surface area (Å²) in [6, 6.07) is 18.1. The lowest BCUT2D eigenvalue weighted by Gasteiger charge is -2.36. The lowest BCUT2D eigenvalue weighted by atomic mass is 10.1. The molecule has 0 aromatic heterocycles. The lowest BCUT2D eigenvalue weighted by molar-refractivity contribution is -0.124. The van der Waals surface area contributed by atoms with Crippen molar-refractivity contribution < 1.29 is 18.4 Å². The Bertz CT molecular complexity index is 1380. The molecule has 3 aromatic carbocycles. The molecule has 1 N–H and O–H groups in total. The molecule has 0 saturated carbocycles. The number of thiocarbonyl (C=S) groups is 1. The Kier molecular flexibility index (Phi) is 9.12. The van der Waals surface area contributed by atoms with E-state index in [1.807, 2.05) is 4.90 Å². The number of anilines is 3. The number of carbonyl (C=O) groups is 2. The van der Waals surface area contributed by atoms with Crippen LogP contribution in [0.4, 0.5) is 25.8 Å². The van der Waals surface area contributed by atoms with Crippen molar-refractivity contribution in [1.29, 1.82) is 0 Å². The summed E-state index contributed by atoms with van der Waals surface area (Å²) >= 11 is 11.8. The van der Waals surface area contributed by atoms with E-state index in [4.69, 9.17) is 23.8 Å². The molecular weight excluding hydrogens is 568 g/mol. The molecule has 0 spiro atoms. The van der Waals surface area contributed by atoms with E-state index in [9.17, 15) is 18.4 Å². The Morgan fingerprint density at radius 1 is 0.854 bits per heavy atom. The Hall–Kier alpha value is -3.60. The Morgan fingerprint density at radius 2 is 1.44 bits per heavy atom. The number of rotatable bonds is 9. The normalized spacial score (nSPS) is 17.8. The molecule has 0 aliphatic carbocycles. The van der Waals surface area contributed by atoms with E-state index >= 15 is 0 Å². The summed E-state index contributed by atoms with van der Waals surface area (Å²) < 4.78 is 26.6. The van der Waals surface area contributed by atoms with Crippen molar-refractivity contribution in [3.05, 3.63) is 89.5 Å². The van der Waals surface area contributed by atoms with Crippen molar-refractivity contribution in [3.63, 3.8) is 0 Å². The average molecular weight is 598 g/mol. The fraction of sp³-hybridized carbons (Fsp3) is 0.300. The highest BCUT2D eigenvalue weighted by Gasteiger charge is 2.44. The van der Waals surface area contributed by atoms with Gasteiger partial charge in [0, 0.05) is 49.1 Å². The molecule has 2 aliphatic heterocycles. The monoisotopic (exact) mass is 597 g/mol. The average Bonchev–Trinajstić information content (AvgIpc) is 3.19. The molecule has 11 heteroatoms. The number of hydrogen-bond donors (Lipinski definition) is 1. The number of nitrogens with one attached hydrogen (secondary N) is 1. The molecule has 214 valence electrons. The van der Waals surface area contributed by atoms with Crippen LogP contribution in [-0.2, 0) is 9.59 Å². The molecule has 7 nitrogen and oxygen atoms in total. The zero-order valence-corrected chi connectivity index (χ0v) is 23.9. The summed E-state index contributed by atoms with van der Waals surface area (Å²) in [5.41, 5.74) is 2.05. The minimum Gasteiger partial charge on any atom is -0.369 e. The van der Waals surface area contributed by atoms with Crippen LogP contribution < -0.4 is 15.1 Å².